The van der Waals surface area contributed by atoms with Crippen molar-refractivity contribution < 1.29 is 4.39 Å². The molecule has 2 saturated heterocycles. The number of nitrogens with zero attached hydrogens (tertiary/aromatic N) is 5. The molecule has 236 valence electrons. The average molecular weight is 591 g/mol. The molecule has 6 nitrogen and oxygen atoms in total. The standard InChI is InChI=1S/C26H35N5.C8H14FN.C2H6/c1-5-8-17-11-12-21(28)20(16-27)24(17)26(3)14-13-19-22(15-26)29-23(6-2)30-25(19)31(4)18-9-7-10-18;1-8-3-2-4-10(8)6-7(9)5-8;1-2/h11-12,18H,5-10,13-15,28H2,1-4H3;7H,2-6H2,1H3;1-2H3. The first-order valence-corrected chi connectivity index (χ1v) is 16.9. The molecule has 1 aromatic heterocycles. The summed E-state index contributed by atoms with van der Waals surface area (Å²) < 4.78 is 12.8. The highest BCUT2D eigenvalue weighted by Gasteiger charge is 2.45. The first-order valence-electron chi connectivity index (χ1n) is 16.9. The Labute approximate surface area is 260 Å². The van der Waals surface area contributed by atoms with Gasteiger partial charge in [0.15, 0.2) is 0 Å². The number of anilines is 2. The number of alkyl halides is 1. The van der Waals surface area contributed by atoms with Gasteiger partial charge in [0, 0.05) is 48.3 Å². The van der Waals surface area contributed by atoms with Crippen LogP contribution in [0.4, 0.5) is 15.9 Å². The number of aromatic nitrogens is 2. The van der Waals surface area contributed by atoms with Gasteiger partial charge in [-0.05, 0) is 94.9 Å². The summed E-state index contributed by atoms with van der Waals surface area (Å²) in [6, 6.07) is 7.06. The van der Waals surface area contributed by atoms with Crippen molar-refractivity contribution in [3.05, 3.63) is 45.9 Å². The lowest BCUT2D eigenvalue weighted by molar-refractivity contribution is 0.217. The quantitative estimate of drug-likeness (QED) is 0.351. The molecule has 2 N–H and O–H groups in total. The first-order chi connectivity index (χ1) is 20.6. The van der Waals surface area contributed by atoms with E-state index < -0.39 is 6.17 Å². The lowest BCUT2D eigenvalue weighted by Crippen LogP contribution is -2.40. The van der Waals surface area contributed by atoms with E-state index in [9.17, 15) is 9.65 Å². The third-order valence-corrected chi connectivity index (χ3v) is 10.4. The Morgan fingerprint density at radius 3 is 2.49 bits per heavy atom. The molecule has 6 rings (SSSR count). The molecule has 3 unspecified atom stereocenters. The summed E-state index contributed by atoms with van der Waals surface area (Å²) in [7, 11) is 2.20. The Morgan fingerprint density at radius 2 is 1.88 bits per heavy atom. The van der Waals surface area contributed by atoms with Gasteiger partial charge in [-0.2, -0.15) is 5.26 Å². The first kappa shape index (κ1) is 33.2. The van der Waals surface area contributed by atoms with E-state index in [1.807, 2.05) is 19.9 Å². The molecule has 2 aliphatic heterocycles. The van der Waals surface area contributed by atoms with Crippen LogP contribution < -0.4 is 10.6 Å². The minimum absolute atomic E-state index is 0.149. The van der Waals surface area contributed by atoms with Crippen molar-refractivity contribution in [1.29, 1.82) is 5.26 Å². The van der Waals surface area contributed by atoms with Crippen molar-refractivity contribution in [2.75, 3.05) is 30.8 Å². The van der Waals surface area contributed by atoms with Gasteiger partial charge in [0.1, 0.15) is 23.9 Å². The average Bonchev–Trinajstić information content (AvgIpc) is 3.46. The van der Waals surface area contributed by atoms with Crippen LogP contribution in [0.25, 0.3) is 0 Å². The second kappa shape index (κ2) is 13.9. The number of hydrogen-bond acceptors (Lipinski definition) is 6. The molecule has 43 heavy (non-hydrogen) atoms. The van der Waals surface area contributed by atoms with E-state index >= 15 is 0 Å². The topological polar surface area (TPSA) is 82.1 Å². The van der Waals surface area contributed by atoms with Crippen LogP contribution in [0.15, 0.2) is 12.1 Å². The summed E-state index contributed by atoms with van der Waals surface area (Å²) in [4.78, 5) is 14.7. The summed E-state index contributed by atoms with van der Waals surface area (Å²) in [5.74, 6) is 2.06. The zero-order valence-electron chi connectivity index (χ0n) is 27.9. The van der Waals surface area contributed by atoms with E-state index in [-0.39, 0.29) is 11.0 Å². The zero-order chi connectivity index (χ0) is 31.4. The SMILES string of the molecule is CC.CC12CCCN1CC(F)C2.CCCc1ccc(N)c(C#N)c1C1(C)CCc2c(nc(CC)nc2N(C)C2CCC2)C1. The summed E-state index contributed by atoms with van der Waals surface area (Å²) in [6.07, 6.45) is 12.1. The number of hydrogen-bond donors (Lipinski definition) is 1. The van der Waals surface area contributed by atoms with Crippen molar-refractivity contribution in [1.82, 2.24) is 14.9 Å². The highest BCUT2D eigenvalue weighted by atomic mass is 19.1. The van der Waals surface area contributed by atoms with Crippen LogP contribution in [0.3, 0.4) is 0 Å². The number of nitriles is 1. The fourth-order valence-corrected chi connectivity index (χ4v) is 7.79. The number of benzene rings is 1. The fourth-order valence-electron chi connectivity index (χ4n) is 7.79. The molecule has 0 radical (unpaired) electrons. The minimum Gasteiger partial charge on any atom is -0.398 e. The van der Waals surface area contributed by atoms with E-state index in [0.717, 1.165) is 74.4 Å². The maximum atomic E-state index is 12.8. The van der Waals surface area contributed by atoms with Gasteiger partial charge < -0.3 is 10.6 Å². The Bertz CT molecular complexity index is 1300. The molecule has 0 amide bonds. The third kappa shape index (κ3) is 6.70. The van der Waals surface area contributed by atoms with Gasteiger partial charge in [0.2, 0.25) is 0 Å². The highest BCUT2D eigenvalue weighted by Crippen LogP contribution is 2.45. The summed E-state index contributed by atoms with van der Waals surface area (Å²) in [6.45, 7) is 14.6. The van der Waals surface area contributed by atoms with Gasteiger partial charge in [0.05, 0.1) is 11.3 Å². The monoisotopic (exact) mass is 590 g/mol. The number of nitrogen functional groups attached to an aromatic ring is 1. The molecule has 3 heterocycles. The fraction of sp³-hybridized carbons (Fsp3) is 0.694. The van der Waals surface area contributed by atoms with E-state index in [1.165, 1.54) is 43.2 Å². The van der Waals surface area contributed by atoms with Crippen LogP contribution >= 0.6 is 0 Å². The van der Waals surface area contributed by atoms with Crippen LogP contribution in [-0.4, -0.2) is 52.8 Å². The Hall–Kier alpha value is -2.72. The summed E-state index contributed by atoms with van der Waals surface area (Å²) in [5.41, 5.74) is 12.5. The molecule has 0 spiro atoms. The van der Waals surface area contributed by atoms with Gasteiger partial charge in [0.25, 0.3) is 0 Å². The summed E-state index contributed by atoms with van der Waals surface area (Å²) in [5, 5.41) is 9.96. The molecule has 2 aromatic rings. The van der Waals surface area contributed by atoms with E-state index in [2.05, 4.69) is 56.7 Å². The van der Waals surface area contributed by atoms with Gasteiger partial charge in [-0.1, -0.05) is 47.1 Å². The maximum Gasteiger partial charge on any atom is 0.135 e. The smallest absolute Gasteiger partial charge is 0.135 e. The second-order valence-corrected chi connectivity index (χ2v) is 13.4. The molecule has 1 aromatic carbocycles. The lowest BCUT2D eigenvalue weighted by Gasteiger charge is -2.41. The van der Waals surface area contributed by atoms with Crippen LogP contribution in [-0.2, 0) is 31.1 Å². The molecule has 4 aliphatic rings. The van der Waals surface area contributed by atoms with Crippen molar-refractivity contribution in [2.24, 2.45) is 0 Å². The number of nitrogens with two attached hydrogens (primary N) is 1. The van der Waals surface area contributed by atoms with Crippen molar-refractivity contribution in [3.8, 4) is 6.07 Å². The van der Waals surface area contributed by atoms with Crippen LogP contribution in [0.5, 0.6) is 0 Å². The van der Waals surface area contributed by atoms with E-state index in [1.54, 1.807) is 0 Å². The van der Waals surface area contributed by atoms with Crippen LogP contribution in [0.1, 0.15) is 127 Å². The molecule has 2 aliphatic carbocycles. The van der Waals surface area contributed by atoms with Gasteiger partial charge in [-0.25, -0.2) is 14.4 Å². The molecular formula is C36H55FN6. The van der Waals surface area contributed by atoms with E-state index in [4.69, 9.17) is 15.7 Å². The van der Waals surface area contributed by atoms with Crippen molar-refractivity contribution in [2.45, 2.75) is 142 Å². The Morgan fingerprint density at radius 1 is 1.14 bits per heavy atom. The highest BCUT2D eigenvalue weighted by molar-refractivity contribution is 5.63. The number of rotatable bonds is 6. The normalized spacial score (nSPS) is 26.2. The maximum absolute atomic E-state index is 12.8. The van der Waals surface area contributed by atoms with Crippen molar-refractivity contribution >= 4 is 11.5 Å². The third-order valence-electron chi connectivity index (χ3n) is 10.4. The number of aryl methyl sites for hydroxylation is 2. The molecular weight excluding hydrogens is 535 g/mol. The summed E-state index contributed by atoms with van der Waals surface area (Å²) >= 11 is 0. The molecule has 3 fully saturated rings. The Kier molecular flexibility index (Phi) is 10.7. The lowest BCUT2D eigenvalue weighted by atomic mass is 9.67. The molecule has 3 atom stereocenters. The second-order valence-electron chi connectivity index (χ2n) is 13.4. The predicted molar refractivity (Wildman–Crippen MR) is 176 cm³/mol. The molecule has 1 saturated carbocycles. The molecule has 7 heteroatoms. The van der Waals surface area contributed by atoms with Crippen LogP contribution in [0, 0.1) is 11.3 Å². The Balaban J connectivity index is 0.000000294. The number of fused-ring (bicyclic) bond motifs is 2. The van der Waals surface area contributed by atoms with Gasteiger partial charge in [-0.3, -0.25) is 4.90 Å². The molecule has 0 bridgehead atoms. The number of halogens is 1. The largest absolute Gasteiger partial charge is 0.398 e. The van der Waals surface area contributed by atoms with Crippen molar-refractivity contribution in [3.63, 3.8) is 0 Å². The van der Waals surface area contributed by atoms with Crippen LogP contribution in [0.2, 0.25) is 0 Å². The van der Waals surface area contributed by atoms with Gasteiger partial charge in [-0.15, -0.1) is 0 Å². The zero-order valence-corrected chi connectivity index (χ0v) is 27.9. The predicted octanol–water partition coefficient (Wildman–Crippen LogP) is 7.49. The minimum atomic E-state index is -0.551. The van der Waals surface area contributed by atoms with Gasteiger partial charge >= 0.3 is 0 Å². The van der Waals surface area contributed by atoms with E-state index in [0.29, 0.717) is 23.8 Å².